The van der Waals surface area contributed by atoms with Gasteiger partial charge in [-0.25, -0.2) is 0 Å². The summed E-state index contributed by atoms with van der Waals surface area (Å²) in [6.45, 7) is 2.16. The highest BCUT2D eigenvalue weighted by molar-refractivity contribution is 5.64. The molecule has 1 saturated heterocycles. The molecule has 2 bridgehead atoms. The monoisotopic (exact) mass is 196 g/mol. The summed E-state index contributed by atoms with van der Waals surface area (Å²) in [5.74, 6) is 0.734. The number of nitrogens with zero attached hydrogens (tertiary/aromatic N) is 1. The smallest absolute Gasteiger partial charge is 0.0417 e. The Balaban J connectivity index is 2.04. The second-order valence-corrected chi connectivity index (χ2v) is 4.91. The van der Waals surface area contributed by atoms with E-state index >= 15 is 0 Å². The van der Waals surface area contributed by atoms with Crippen molar-refractivity contribution in [3.63, 3.8) is 0 Å². The number of hydrogen-bond acceptors (Lipinski definition) is 3. The van der Waals surface area contributed by atoms with Crippen molar-refractivity contribution in [3.05, 3.63) is 0 Å². The molecule has 0 aromatic carbocycles. The van der Waals surface area contributed by atoms with Crippen LogP contribution in [0.2, 0.25) is 0 Å². The van der Waals surface area contributed by atoms with Gasteiger partial charge in [0, 0.05) is 19.1 Å². The first-order chi connectivity index (χ1) is 6.66. The third-order valence-corrected chi connectivity index (χ3v) is 3.86. The highest BCUT2D eigenvalue weighted by atomic mass is 16.4. The Hall–Kier alpha value is -0.570. The van der Waals surface area contributed by atoms with Crippen LogP contribution in [0.4, 0.5) is 0 Å². The minimum Gasteiger partial charge on any atom is -0.550 e. The molecule has 0 amide bonds. The summed E-state index contributed by atoms with van der Waals surface area (Å²) in [7, 11) is 2.14. The van der Waals surface area contributed by atoms with Gasteiger partial charge in [0.25, 0.3) is 0 Å². The number of carboxylic acid groups (broad SMARTS) is 1. The maximum atomic E-state index is 10.7. The normalized spacial score (nSPS) is 38.2. The van der Waals surface area contributed by atoms with E-state index < -0.39 is 5.97 Å². The van der Waals surface area contributed by atoms with Crippen LogP contribution in [-0.4, -0.2) is 31.0 Å². The summed E-state index contributed by atoms with van der Waals surface area (Å²) in [4.78, 5) is 13.0. The van der Waals surface area contributed by atoms with Gasteiger partial charge >= 0.3 is 0 Å². The number of carbonyl (C=O) groups excluding carboxylic acids is 1. The fourth-order valence-electron chi connectivity index (χ4n) is 3.31. The summed E-state index contributed by atoms with van der Waals surface area (Å²) >= 11 is 0. The first-order valence-corrected chi connectivity index (χ1v) is 5.55. The van der Waals surface area contributed by atoms with E-state index in [0.717, 1.165) is 13.1 Å². The second kappa shape index (κ2) is 3.89. The summed E-state index contributed by atoms with van der Waals surface area (Å²) < 4.78 is 0. The number of hydrogen-bond donors (Lipinski definition) is 0. The van der Waals surface area contributed by atoms with Gasteiger partial charge in [-0.2, -0.15) is 0 Å². The highest BCUT2D eigenvalue weighted by Crippen LogP contribution is 2.40. The molecule has 0 spiro atoms. The average molecular weight is 196 g/mol. The van der Waals surface area contributed by atoms with Gasteiger partial charge in [0.15, 0.2) is 0 Å². The predicted octanol–water partition coefficient (Wildman–Crippen LogP) is 0.104. The van der Waals surface area contributed by atoms with Crippen molar-refractivity contribution in [2.24, 2.45) is 17.8 Å². The number of carbonyl (C=O) groups is 1. The van der Waals surface area contributed by atoms with Crippen LogP contribution >= 0.6 is 0 Å². The maximum absolute atomic E-state index is 10.7. The first-order valence-electron chi connectivity index (χ1n) is 5.55. The van der Waals surface area contributed by atoms with Crippen molar-refractivity contribution >= 4 is 5.97 Å². The molecule has 1 aliphatic carbocycles. The third kappa shape index (κ3) is 1.92. The van der Waals surface area contributed by atoms with Gasteiger partial charge in [-0.3, -0.25) is 0 Å². The van der Waals surface area contributed by atoms with Crippen LogP contribution in [0.5, 0.6) is 0 Å². The molecule has 0 aromatic rings. The average Bonchev–Trinajstić information content (AvgIpc) is 2.05. The third-order valence-electron chi connectivity index (χ3n) is 3.86. The van der Waals surface area contributed by atoms with Gasteiger partial charge in [-0.05, 0) is 44.1 Å². The van der Waals surface area contributed by atoms with Crippen molar-refractivity contribution in [1.29, 1.82) is 0 Å². The SMILES string of the molecule is CN1CC2CCCC(C1)C2CC(=O)[O-]. The summed E-state index contributed by atoms with van der Waals surface area (Å²) in [5, 5.41) is 10.7. The fourth-order valence-corrected chi connectivity index (χ4v) is 3.31. The molecule has 3 nitrogen and oxygen atoms in total. The van der Waals surface area contributed by atoms with Crippen molar-refractivity contribution in [1.82, 2.24) is 4.90 Å². The van der Waals surface area contributed by atoms with E-state index in [1.807, 2.05) is 0 Å². The zero-order valence-electron chi connectivity index (χ0n) is 8.74. The predicted molar refractivity (Wildman–Crippen MR) is 51.4 cm³/mol. The Morgan fingerprint density at radius 1 is 1.36 bits per heavy atom. The van der Waals surface area contributed by atoms with Crippen LogP contribution in [0.25, 0.3) is 0 Å². The number of carboxylic acids is 1. The molecule has 0 aromatic heterocycles. The van der Waals surface area contributed by atoms with E-state index in [4.69, 9.17) is 0 Å². The maximum Gasteiger partial charge on any atom is 0.0417 e. The van der Waals surface area contributed by atoms with Gasteiger partial charge in [-0.1, -0.05) is 6.42 Å². The fraction of sp³-hybridized carbons (Fsp3) is 0.909. The lowest BCUT2D eigenvalue weighted by molar-refractivity contribution is -0.308. The molecule has 2 atom stereocenters. The van der Waals surface area contributed by atoms with Gasteiger partial charge in [-0.15, -0.1) is 0 Å². The number of fused-ring (bicyclic) bond motifs is 2. The summed E-state index contributed by atoms with van der Waals surface area (Å²) in [5.41, 5.74) is 0. The second-order valence-electron chi connectivity index (χ2n) is 4.91. The molecule has 1 aliphatic heterocycles. The van der Waals surface area contributed by atoms with Crippen molar-refractivity contribution in [2.45, 2.75) is 25.7 Å². The van der Waals surface area contributed by atoms with E-state index in [1.54, 1.807) is 0 Å². The molecule has 3 heteroatoms. The van der Waals surface area contributed by atoms with Crippen LogP contribution in [0.1, 0.15) is 25.7 Å². The zero-order valence-corrected chi connectivity index (χ0v) is 8.74. The molecule has 2 fully saturated rings. The topological polar surface area (TPSA) is 43.4 Å². The lowest BCUT2D eigenvalue weighted by Crippen LogP contribution is -2.48. The molecule has 14 heavy (non-hydrogen) atoms. The van der Waals surface area contributed by atoms with E-state index in [1.165, 1.54) is 19.3 Å². The van der Waals surface area contributed by atoms with E-state index in [2.05, 4.69) is 11.9 Å². The Kier molecular flexibility index (Phi) is 2.77. The molecule has 0 N–H and O–H groups in total. The van der Waals surface area contributed by atoms with E-state index in [9.17, 15) is 9.90 Å². The van der Waals surface area contributed by atoms with Crippen LogP contribution in [0, 0.1) is 17.8 Å². The Bertz CT molecular complexity index is 215. The van der Waals surface area contributed by atoms with Crippen LogP contribution in [0.15, 0.2) is 0 Å². The molecular weight excluding hydrogens is 178 g/mol. The van der Waals surface area contributed by atoms with Crippen LogP contribution in [-0.2, 0) is 4.79 Å². The van der Waals surface area contributed by atoms with E-state index in [0.29, 0.717) is 17.8 Å². The zero-order chi connectivity index (χ0) is 10.1. The lowest BCUT2D eigenvalue weighted by Gasteiger charge is -2.46. The number of rotatable bonds is 2. The van der Waals surface area contributed by atoms with Crippen molar-refractivity contribution in [2.75, 3.05) is 20.1 Å². The number of aliphatic carboxylic acids is 1. The van der Waals surface area contributed by atoms with Crippen LogP contribution in [0.3, 0.4) is 0 Å². The minimum absolute atomic E-state index is 0.281. The van der Waals surface area contributed by atoms with Gasteiger partial charge in [0.05, 0.1) is 0 Å². The standard InChI is InChI=1S/C11H19NO2/c1-12-6-8-3-2-4-9(7-12)10(8)5-11(13)14/h8-10H,2-7H2,1H3,(H,13,14)/p-1. The van der Waals surface area contributed by atoms with Gasteiger partial charge in [0.2, 0.25) is 0 Å². The summed E-state index contributed by atoms with van der Waals surface area (Å²) in [6.07, 6.45) is 3.98. The summed E-state index contributed by atoms with van der Waals surface area (Å²) in [6, 6.07) is 0. The minimum atomic E-state index is -0.864. The first kappa shape index (κ1) is 9.97. The molecule has 2 aliphatic rings. The Labute approximate surface area is 85.1 Å². The molecule has 80 valence electrons. The van der Waals surface area contributed by atoms with Crippen molar-refractivity contribution < 1.29 is 9.90 Å². The van der Waals surface area contributed by atoms with Crippen molar-refractivity contribution in [3.8, 4) is 0 Å². The molecule has 2 unspecified atom stereocenters. The number of piperidine rings is 1. The molecule has 1 heterocycles. The molecule has 2 rings (SSSR count). The Morgan fingerprint density at radius 3 is 2.43 bits per heavy atom. The molecule has 0 radical (unpaired) electrons. The van der Waals surface area contributed by atoms with Gasteiger partial charge in [0.1, 0.15) is 0 Å². The lowest BCUT2D eigenvalue weighted by atomic mass is 9.68. The Morgan fingerprint density at radius 2 is 1.93 bits per heavy atom. The quantitative estimate of drug-likeness (QED) is 0.629. The highest BCUT2D eigenvalue weighted by Gasteiger charge is 2.37. The molecular formula is C11H18NO2-. The van der Waals surface area contributed by atoms with Crippen LogP contribution < -0.4 is 5.11 Å². The van der Waals surface area contributed by atoms with Gasteiger partial charge < -0.3 is 14.8 Å². The molecule has 1 saturated carbocycles. The largest absolute Gasteiger partial charge is 0.550 e. The number of likely N-dealkylation sites (tertiary alicyclic amines) is 1. The van der Waals surface area contributed by atoms with E-state index in [-0.39, 0.29) is 6.42 Å².